The van der Waals surface area contributed by atoms with Crippen molar-refractivity contribution in [1.82, 2.24) is 0 Å². The molecule has 1 amide bonds. The minimum Gasteiger partial charge on any atom is -0.497 e. The number of alkyl halides is 3. The quantitative estimate of drug-likeness (QED) is 0.791. The highest BCUT2D eigenvalue weighted by atomic mass is 19.4. The third-order valence-corrected chi connectivity index (χ3v) is 4.00. The summed E-state index contributed by atoms with van der Waals surface area (Å²) in [5.41, 5.74) is -1.42. The second kappa shape index (κ2) is 7.87. The van der Waals surface area contributed by atoms with Gasteiger partial charge in [-0.2, -0.15) is 13.2 Å². The molecular formula is C19H20F3NO4. The molecule has 0 aliphatic rings. The summed E-state index contributed by atoms with van der Waals surface area (Å²) in [4.78, 5) is 11.9. The number of ether oxygens (including phenoxy) is 2. The van der Waals surface area contributed by atoms with Crippen LogP contribution in [0.1, 0.15) is 13.3 Å². The Morgan fingerprint density at radius 2 is 1.70 bits per heavy atom. The Labute approximate surface area is 154 Å². The molecule has 8 heteroatoms. The summed E-state index contributed by atoms with van der Waals surface area (Å²) in [5.74, 6) is 0.236. The van der Waals surface area contributed by atoms with E-state index in [2.05, 4.69) is 5.32 Å². The molecule has 0 fully saturated rings. The number of rotatable bonds is 6. The fraction of sp³-hybridized carbons (Fsp3) is 0.316. The van der Waals surface area contributed by atoms with Gasteiger partial charge in [-0.3, -0.25) is 4.79 Å². The highest BCUT2D eigenvalue weighted by molar-refractivity contribution is 5.92. The predicted octanol–water partition coefficient (Wildman–Crippen LogP) is 4.01. The van der Waals surface area contributed by atoms with Gasteiger partial charge >= 0.3 is 6.18 Å². The van der Waals surface area contributed by atoms with Crippen LogP contribution in [0.25, 0.3) is 11.1 Å². The van der Waals surface area contributed by atoms with E-state index in [0.29, 0.717) is 24.0 Å². The molecule has 0 aliphatic heterocycles. The number of anilines is 1. The van der Waals surface area contributed by atoms with E-state index in [1.165, 1.54) is 13.2 Å². The summed E-state index contributed by atoms with van der Waals surface area (Å²) in [5, 5.41) is 11.8. The van der Waals surface area contributed by atoms with Gasteiger partial charge in [0.25, 0.3) is 0 Å². The van der Waals surface area contributed by atoms with Gasteiger partial charge < -0.3 is 19.9 Å². The van der Waals surface area contributed by atoms with Crippen molar-refractivity contribution in [2.45, 2.75) is 25.1 Å². The maximum absolute atomic E-state index is 12.7. The lowest BCUT2D eigenvalue weighted by atomic mass is 10.0. The molecule has 0 radical (unpaired) electrons. The fourth-order valence-electron chi connectivity index (χ4n) is 2.40. The summed E-state index contributed by atoms with van der Waals surface area (Å²) in [6.07, 6.45) is -6.01. The number of benzene rings is 2. The molecule has 0 spiro atoms. The minimum absolute atomic E-state index is 0.282. The highest BCUT2D eigenvalue weighted by Gasteiger charge is 2.50. The fourth-order valence-corrected chi connectivity index (χ4v) is 2.40. The Hall–Kier alpha value is -2.74. The molecule has 27 heavy (non-hydrogen) atoms. The standard InChI is InChI=1S/C19H20F3NO4/c1-18(25,19(20,21)22)11-17(24)23-13-6-9-16(27-3)15(10-13)12-4-7-14(26-2)8-5-12/h4-10,25H,11H2,1-3H3,(H,23,24)/t18-/m1/s1. The molecule has 2 aromatic carbocycles. The van der Waals surface area contributed by atoms with E-state index >= 15 is 0 Å². The lowest BCUT2D eigenvalue weighted by molar-refractivity contribution is -0.252. The number of halogens is 3. The van der Waals surface area contributed by atoms with Crippen LogP contribution in [-0.2, 0) is 4.79 Å². The van der Waals surface area contributed by atoms with Crippen LogP contribution >= 0.6 is 0 Å². The van der Waals surface area contributed by atoms with E-state index in [1.54, 1.807) is 43.5 Å². The Balaban J connectivity index is 2.25. The Morgan fingerprint density at radius 3 is 2.22 bits per heavy atom. The van der Waals surface area contributed by atoms with Crippen molar-refractivity contribution in [3.05, 3.63) is 42.5 Å². The maximum atomic E-state index is 12.7. The van der Waals surface area contributed by atoms with Crippen LogP contribution in [0.5, 0.6) is 11.5 Å². The number of methoxy groups -OCH3 is 2. The normalized spacial score (nSPS) is 13.6. The molecule has 1 atom stereocenters. The van der Waals surface area contributed by atoms with Crippen molar-refractivity contribution in [3.8, 4) is 22.6 Å². The summed E-state index contributed by atoms with van der Waals surface area (Å²) in [6, 6.07) is 11.8. The minimum atomic E-state index is -4.90. The van der Waals surface area contributed by atoms with Crippen molar-refractivity contribution >= 4 is 11.6 Å². The number of hydrogen-bond acceptors (Lipinski definition) is 4. The van der Waals surface area contributed by atoms with Crippen LogP contribution in [0.3, 0.4) is 0 Å². The van der Waals surface area contributed by atoms with Gasteiger partial charge in [-0.1, -0.05) is 12.1 Å². The third kappa shape index (κ3) is 4.91. The molecule has 0 saturated carbocycles. The summed E-state index contributed by atoms with van der Waals surface area (Å²) < 4.78 is 48.6. The lowest BCUT2D eigenvalue weighted by Crippen LogP contribution is -2.44. The number of aliphatic hydroxyl groups is 1. The Morgan fingerprint density at radius 1 is 1.07 bits per heavy atom. The zero-order valence-corrected chi connectivity index (χ0v) is 15.1. The molecule has 0 aliphatic carbocycles. The first-order valence-corrected chi connectivity index (χ1v) is 7.99. The van der Waals surface area contributed by atoms with Gasteiger partial charge in [0.15, 0.2) is 5.60 Å². The molecule has 0 saturated heterocycles. The molecule has 5 nitrogen and oxygen atoms in total. The molecule has 0 bridgehead atoms. The molecular weight excluding hydrogens is 363 g/mol. The summed E-state index contributed by atoms with van der Waals surface area (Å²) in [6.45, 7) is 0.559. The van der Waals surface area contributed by atoms with E-state index < -0.39 is 24.1 Å². The molecule has 0 aromatic heterocycles. The number of nitrogens with one attached hydrogen (secondary N) is 1. The lowest BCUT2D eigenvalue weighted by Gasteiger charge is -2.25. The van der Waals surface area contributed by atoms with Crippen molar-refractivity contribution in [3.63, 3.8) is 0 Å². The molecule has 2 aromatic rings. The van der Waals surface area contributed by atoms with Crippen molar-refractivity contribution in [1.29, 1.82) is 0 Å². The molecule has 2 N–H and O–H groups in total. The van der Waals surface area contributed by atoms with Crippen molar-refractivity contribution in [2.24, 2.45) is 0 Å². The second-order valence-electron chi connectivity index (χ2n) is 6.14. The zero-order valence-electron chi connectivity index (χ0n) is 15.1. The molecule has 146 valence electrons. The van der Waals surface area contributed by atoms with E-state index in [4.69, 9.17) is 9.47 Å². The van der Waals surface area contributed by atoms with Crippen LogP contribution in [0, 0.1) is 0 Å². The molecule has 0 heterocycles. The second-order valence-corrected chi connectivity index (χ2v) is 6.14. The van der Waals surface area contributed by atoms with Crippen molar-refractivity contribution < 1.29 is 32.5 Å². The third-order valence-electron chi connectivity index (χ3n) is 4.00. The molecule has 2 rings (SSSR count). The number of amides is 1. The Bertz CT molecular complexity index is 802. The van der Waals surface area contributed by atoms with Crippen LogP contribution in [0.15, 0.2) is 42.5 Å². The predicted molar refractivity (Wildman–Crippen MR) is 94.9 cm³/mol. The van der Waals surface area contributed by atoms with E-state index in [0.717, 1.165) is 5.56 Å². The summed E-state index contributed by atoms with van der Waals surface area (Å²) >= 11 is 0. The number of carbonyl (C=O) groups is 1. The van der Waals surface area contributed by atoms with Crippen LogP contribution in [-0.4, -0.2) is 37.0 Å². The monoisotopic (exact) mass is 383 g/mol. The highest BCUT2D eigenvalue weighted by Crippen LogP contribution is 2.35. The maximum Gasteiger partial charge on any atom is 0.417 e. The van der Waals surface area contributed by atoms with E-state index in [1.807, 2.05) is 0 Å². The van der Waals surface area contributed by atoms with E-state index in [-0.39, 0.29) is 5.69 Å². The SMILES string of the molecule is COc1ccc(-c2cc(NC(=O)C[C@@](C)(O)C(F)(F)F)ccc2OC)cc1. The Kier molecular flexibility index (Phi) is 6.00. The zero-order chi connectivity index (χ0) is 20.2. The van der Waals surface area contributed by atoms with Gasteiger partial charge in [0, 0.05) is 11.3 Å². The van der Waals surface area contributed by atoms with Gasteiger partial charge in [0.1, 0.15) is 11.5 Å². The van der Waals surface area contributed by atoms with Gasteiger partial charge in [-0.15, -0.1) is 0 Å². The van der Waals surface area contributed by atoms with Crippen molar-refractivity contribution in [2.75, 3.05) is 19.5 Å². The number of carbonyl (C=O) groups excluding carboxylic acids is 1. The first-order valence-electron chi connectivity index (χ1n) is 7.99. The first-order chi connectivity index (χ1) is 12.6. The number of hydrogen-bond donors (Lipinski definition) is 2. The van der Waals surface area contributed by atoms with Gasteiger partial charge in [-0.05, 0) is 42.8 Å². The van der Waals surface area contributed by atoms with Crippen LogP contribution < -0.4 is 14.8 Å². The average molecular weight is 383 g/mol. The first kappa shape index (κ1) is 20.6. The van der Waals surface area contributed by atoms with Crippen LogP contribution in [0.4, 0.5) is 18.9 Å². The van der Waals surface area contributed by atoms with Gasteiger partial charge in [-0.25, -0.2) is 0 Å². The van der Waals surface area contributed by atoms with Crippen LogP contribution in [0.2, 0.25) is 0 Å². The smallest absolute Gasteiger partial charge is 0.417 e. The van der Waals surface area contributed by atoms with Gasteiger partial charge in [0.05, 0.1) is 20.6 Å². The summed E-state index contributed by atoms with van der Waals surface area (Å²) in [7, 11) is 3.03. The molecule has 0 unspecified atom stereocenters. The largest absolute Gasteiger partial charge is 0.497 e. The topological polar surface area (TPSA) is 67.8 Å². The average Bonchev–Trinajstić information content (AvgIpc) is 2.60. The van der Waals surface area contributed by atoms with Gasteiger partial charge in [0.2, 0.25) is 5.91 Å². The van der Waals surface area contributed by atoms with E-state index in [9.17, 15) is 23.1 Å².